The number of anilines is 1. The Hall–Kier alpha value is -1.08. The first kappa shape index (κ1) is 12.4. The number of thiazole rings is 1. The van der Waals surface area contributed by atoms with Crippen LogP contribution in [-0.4, -0.2) is 34.3 Å². The summed E-state index contributed by atoms with van der Waals surface area (Å²) < 4.78 is 0. The molecule has 0 bridgehead atoms. The monoisotopic (exact) mass is 271 g/mol. The number of carbonyl (C=O) groups excluding carboxylic acids is 2. The summed E-state index contributed by atoms with van der Waals surface area (Å²) in [5.41, 5.74) is 0. The third kappa shape index (κ3) is 3.44. The molecule has 1 aliphatic rings. The average molecular weight is 271 g/mol. The molecule has 0 aromatic carbocycles. The molecule has 0 saturated carbocycles. The Bertz CT molecular complexity index is 433. The first-order chi connectivity index (χ1) is 8.15. The molecule has 0 unspecified atom stereocenters. The summed E-state index contributed by atoms with van der Waals surface area (Å²) in [5, 5.41) is 6.01. The Morgan fingerprint density at radius 1 is 1.65 bits per heavy atom. The number of hydrogen-bond donors (Lipinski definition) is 2. The third-order valence-corrected chi connectivity index (χ3v) is 4.15. The molecule has 1 fully saturated rings. The molecule has 17 heavy (non-hydrogen) atoms. The minimum absolute atomic E-state index is 0.0644. The Morgan fingerprint density at radius 3 is 3.18 bits per heavy atom. The van der Waals surface area contributed by atoms with Crippen LogP contribution in [0.1, 0.15) is 11.3 Å². The number of hydrogen-bond acceptors (Lipinski definition) is 5. The fourth-order valence-corrected chi connectivity index (χ4v) is 3.05. The minimum Gasteiger partial charge on any atom is -0.343 e. The van der Waals surface area contributed by atoms with Crippen molar-refractivity contribution in [2.75, 3.05) is 16.8 Å². The van der Waals surface area contributed by atoms with Crippen molar-refractivity contribution in [1.29, 1.82) is 0 Å². The predicted octanol–water partition coefficient (Wildman–Crippen LogP) is 1.01. The largest absolute Gasteiger partial charge is 0.343 e. The lowest BCUT2D eigenvalue weighted by molar-refractivity contribution is -0.125. The summed E-state index contributed by atoms with van der Waals surface area (Å²) in [7, 11) is 0. The summed E-state index contributed by atoms with van der Waals surface area (Å²) in [6.07, 6.45) is 2.19. The number of aryl methyl sites for hydroxylation is 1. The van der Waals surface area contributed by atoms with Gasteiger partial charge in [0.05, 0.1) is 0 Å². The Labute approximate surface area is 107 Å². The Morgan fingerprint density at radius 2 is 2.47 bits per heavy atom. The fraction of sp³-hybridized carbons (Fsp3) is 0.500. The van der Waals surface area contributed by atoms with Crippen LogP contribution >= 0.6 is 23.1 Å². The highest BCUT2D eigenvalue weighted by Crippen LogP contribution is 2.17. The van der Waals surface area contributed by atoms with Gasteiger partial charge in [0.2, 0.25) is 11.8 Å². The molecule has 1 atom stereocenters. The zero-order valence-electron chi connectivity index (χ0n) is 9.36. The van der Waals surface area contributed by atoms with E-state index in [2.05, 4.69) is 15.6 Å². The maximum Gasteiger partial charge on any atom is 0.249 e. The molecule has 7 heteroatoms. The van der Waals surface area contributed by atoms with Gasteiger partial charge in [-0.25, -0.2) is 4.98 Å². The lowest BCUT2D eigenvalue weighted by atomic mass is 10.3. The molecule has 5 nitrogen and oxygen atoms in total. The number of amides is 2. The Balaban J connectivity index is 1.96. The van der Waals surface area contributed by atoms with Crippen molar-refractivity contribution >= 4 is 40.0 Å². The highest BCUT2D eigenvalue weighted by atomic mass is 32.2. The van der Waals surface area contributed by atoms with Crippen molar-refractivity contribution in [3.63, 3.8) is 0 Å². The molecule has 1 aromatic heterocycles. The van der Waals surface area contributed by atoms with Gasteiger partial charge in [0.25, 0.3) is 0 Å². The zero-order chi connectivity index (χ0) is 12.3. The number of nitrogens with one attached hydrogen (secondary N) is 2. The van der Waals surface area contributed by atoms with Crippen LogP contribution in [0.2, 0.25) is 0 Å². The van der Waals surface area contributed by atoms with Crippen molar-refractivity contribution in [3.05, 3.63) is 11.1 Å². The summed E-state index contributed by atoms with van der Waals surface area (Å²) >= 11 is 3.03. The van der Waals surface area contributed by atoms with Gasteiger partial charge in [0.15, 0.2) is 5.13 Å². The summed E-state index contributed by atoms with van der Waals surface area (Å²) in [5.74, 6) is 1.13. The van der Waals surface area contributed by atoms with Crippen LogP contribution in [0.4, 0.5) is 5.13 Å². The average Bonchev–Trinajstić information content (AvgIpc) is 2.56. The maximum absolute atomic E-state index is 11.9. The number of nitrogens with zero attached hydrogens (tertiary/aromatic N) is 1. The van der Waals surface area contributed by atoms with E-state index in [1.165, 1.54) is 11.3 Å². The van der Waals surface area contributed by atoms with E-state index in [0.717, 1.165) is 10.6 Å². The number of rotatable bonds is 2. The second-order valence-corrected chi connectivity index (χ2v) is 6.09. The first-order valence-electron chi connectivity index (χ1n) is 5.25. The van der Waals surface area contributed by atoms with Gasteiger partial charge in [-0.15, -0.1) is 11.3 Å². The number of thioether (sulfide) groups is 1. The lowest BCUT2D eigenvalue weighted by Crippen LogP contribution is -2.44. The third-order valence-electron chi connectivity index (χ3n) is 2.26. The molecule has 0 spiro atoms. The van der Waals surface area contributed by atoms with E-state index in [-0.39, 0.29) is 11.8 Å². The molecule has 0 aliphatic carbocycles. The van der Waals surface area contributed by atoms with Gasteiger partial charge in [0.1, 0.15) is 6.04 Å². The van der Waals surface area contributed by atoms with Crippen molar-refractivity contribution in [2.45, 2.75) is 19.4 Å². The molecule has 92 valence electrons. The first-order valence-corrected chi connectivity index (χ1v) is 7.22. The predicted molar refractivity (Wildman–Crippen MR) is 69.4 cm³/mol. The van der Waals surface area contributed by atoms with Crippen molar-refractivity contribution < 1.29 is 9.59 Å². The van der Waals surface area contributed by atoms with Crippen LogP contribution in [-0.2, 0) is 9.59 Å². The molecule has 2 rings (SSSR count). The molecule has 1 aromatic rings. The van der Waals surface area contributed by atoms with Crippen LogP contribution in [0.3, 0.4) is 0 Å². The maximum atomic E-state index is 11.9. The topological polar surface area (TPSA) is 71.1 Å². The molecule has 2 N–H and O–H groups in total. The van der Waals surface area contributed by atoms with Gasteiger partial charge in [-0.3, -0.25) is 9.59 Å². The van der Waals surface area contributed by atoms with Gasteiger partial charge in [-0.2, -0.15) is 11.8 Å². The molecule has 1 aliphatic heterocycles. The van der Waals surface area contributed by atoms with E-state index in [1.54, 1.807) is 18.0 Å². The smallest absolute Gasteiger partial charge is 0.249 e. The Kier molecular flexibility index (Phi) is 4.01. The van der Waals surface area contributed by atoms with Crippen LogP contribution in [0, 0.1) is 6.92 Å². The summed E-state index contributed by atoms with van der Waals surface area (Å²) in [4.78, 5) is 28.3. The van der Waals surface area contributed by atoms with Gasteiger partial charge in [0, 0.05) is 29.0 Å². The van der Waals surface area contributed by atoms with Crippen LogP contribution < -0.4 is 10.6 Å². The van der Waals surface area contributed by atoms with Gasteiger partial charge in [-0.1, -0.05) is 0 Å². The summed E-state index contributed by atoms with van der Waals surface area (Å²) in [6, 6.07) is -0.459. The summed E-state index contributed by atoms with van der Waals surface area (Å²) in [6.45, 7) is 1.93. The highest BCUT2D eigenvalue weighted by molar-refractivity contribution is 7.99. The van der Waals surface area contributed by atoms with E-state index >= 15 is 0 Å². The minimum atomic E-state index is -0.459. The van der Waals surface area contributed by atoms with E-state index in [1.807, 2.05) is 6.92 Å². The van der Waals surface area contributed by atoms with Crippen molar-refractivity contribution in [2.24, 2.45) is 0 Å². The van der Waals surface area contributed by atoms with E-state index in [9.17, 15) is 9.59 Å². The van der Waals surface area contributed by atoms with E-state index in [0.29, 0.717) is 17.3 Å². The molecule has 2 heterocycles. The van der Waals surface area contributed by atoms with Crippen LogP contribution in [0.5, 0.6) is 0 Å². The van der Waals surface area contributed by atoms with E-state index in [4.69, 9.17) is 0 Å². The number of carbonyl (C=O) groups is 2. The van der Waals surface area contributed by atoms with Crippen LogP contribution in [0.15, 0.2) is 6.20 Å². The fourth-order valence-electron chi connectivity index (χ4n) is 1.42. The standard InChI is InChI=1S/C10H13N3O2S2/c1-6-4-11-10(17-6)13-9(15)7-5-16-3-2-8(14)12-7/h4,7H,2-3,5H2,1H3,(H,12,14)(H,11,13,15)/t7-/m0/s1. The second-order valence-electron chi connectivity index (χ2n) is 3.71. The van der Waals surface area contributed by atoms with E-state index < -0.39 is 6.04 Å². The highest BCUT2D eigenvalue weighted by Gasteiger charge is 2.23. The quantitative estimate of drug-likeness (QED) is 0.842. The SMILES string of the molecule is Cc1cnc(NC(=O)[C@@H]2CSCCC(=O)N2)s1. The zero-order valence-corrected chi connectivity index (χ0v) is 11.0. The van der Waals surface area contributed by atoms with Crippen molar-refractivity contribution in [3.8, 4) is 0 Å². The molecular weight excluding hydrogens is 258 g/mol. The molecular formula is C10H13N3O2S2. The van der Waals surface area contributed by atoms with Gasteiger partial charge >= 0.3 is 0 Å². The number of aromatic nitrogens is 1. The van der Waals surface area contributed by atoms with Crippen molar-refractivity contribution in [1.82, 2.24) is 10.3 Å². The molecule has 1 saturated heterocycles. The molecule has 0 radical (unpaired) electrons. The van der Waals surface area contributed by atoms with Gasteiger partial charge < -0.3 is 10.6 Å². The normalized spacial score (nSPS) is 20.5. The van der Waals surface area contributed by atoms with Crippen LogP contribution in [0.25, 0.3) is 0 Å². The second kappa shape index (κ2) is 5.50. The lowest BCUT2D eigenvalue weighted by Gasteiger charge is -2.13. The molecule has 2 amide bonds. The van der Waals surface area contributed by atoms with Gasteiger partial charge in [-0.05, 0) is 6.92 Å².